The van der Waals surface area contributed by atoms with Gasteiger partial charge in [-0.1, -0.05) is 80.4 Å². The second-order valence-electron chi connectivity index (χ2n) is 4.03. The summed E-state index contributed by atoms with van der Waals surface area (Å²) in [4.78, 5) is 0. The minimum Gasteiger partial charge on any atom is -0.0905 e. The van der Waals surface area contributed by atoms with Gasteiger partial charge in [-0.15, -0.1) is 0 Å². The van der Waals surface area contributed by atoms with Crippen LogP contribution in [0.4, 0.5) is 0 Å². The van der Waals surface area contributed by atoms with Crippen LogP contribution in [0.15, 0.2) is 48.5 Å². The number of halogens is 2. The SMILES string of the molecule is BrCC1(Br)c2ccccc2-c2ccccc21. The maximum atomic E-state index is 3.90. The first-order chi connectivity index (χ1) is 7.77. The largest absolute Gasteiger partial charge is 0.0905 e. The van der Waals surface area contributed by atoms with Crippen molar-refractivity contribution in [1.82, 2.24) is 0 Å². The summed E-state index contributed by atoms with van der Waals surface area (Å²) in [7, 11) is 0. The van der Waals surface area contributed by atoms with E-state index in [0.717, 1.165) is 5.33 Å². The molecule has 2 aromatic carbocycles. The van der Waals surface area contributed by atoms with E-state index in [1.54, 1.807) is 0 Å². The molecule has 2 heteroatoms. The Morgan fingerprint density at radius 1 is 0.812 bits per heavy atom. The van der Waals surface area contributed by atoms with Crippen molar-refractivity contribution >= 4 is 31.9 Å². The Hall–Kier alpha value is -0.600. The minimum absolute atomic E-state index is 0.0693. The van der Waals surface area contributed by atoms with Crippen LogP contribution < -0.4 is 0 Å². The Labute approximate surface area is 112 Å². The van der Waals surface area contributed by atoms with Crippen LogP contribution in [0.2, 0.25) is 0 Å². The van der Waals surface area contributed by atoms with E-state index in [0.29, 0.717) is 0 Å². The molecule has 0 saturated carbocycles. The van der Waals surface area contributed by atoms with Crippen LogP contribution in [-0.2, 0) is 4.32 Å². The first-order valence-corrected chi connectivity index (χ1v) is 7.13. The number of benzene rings is 2. The van der Waals surface area contributed by atoms with Gasteiger partial charge in [-0.25, -0.2) is 0 Å². The van der Waals surface area contributed by atoms with Crippen molar-refractivity contribution in [3.63, 3.8) is 0 Å². The smallest absolute Gasteiger partial charge is 0.0863 e. The molecule has 0 heterocycles. The lowest BCUT2D eigenvalue weighted by Crippen LogP contribution is -2.17. The lowest BCUT2D eigenvalue weighted by Gasteiger charge is -2.21. The fourth-order valence-corrected chi connectivity index (χ4v) is 3.71. The summed E-state index contributed by atoms with van der Waals surface area (Å²) >= 11 is 7.52. The molecule has 3 rings (SSSR count). The molecule has 0 unspecified atom stereocenters. The van der Waals surface area contributed by atoms with Gasteiger partial charge >= 0.3 is 0 Å². The molecule has 0 nitrogen and oxygen atoms in total. The monoisotopic (exact) mass is 336 g/mol. The van der Waals surface area contributed by atoms with Crippen LogP contribution in [-0.4, -0.2) is 5.33 Å². The van der Waals surface area contributed by atoms with Gasteiger partial charge < -0.3 is 0 Å². The molecule has 16 heavy (non-hydrogen) atoms. The molecule has 1 aliphatic rings. The molecule has 0 saturated heterocycles. The fourth-order valence-electron chi connectivity index (χ4n) is 2.42. The van der Waals surface area contributed by atoms with E-state index in [-0.39, 0.29) is 4.32 Å². The quantitative estimate of drug-likeness (QED) is 0.661. The molecule has 0 spiro atoms. The molecule has 0 N–H and O–H groups in total. The Balaban J connectivity index is 2.39. The van der Waals surface area contributed by atoms with Gasteiger partial charge in [-0.2, -0.15) is 0 Å². The molecular weight excluding hydrogens is 328 g/mol. The summed E-state index contributed by atoms with van der Waals surface area (Å²) in [5.74, 6) is 0. The molecule has 0 radical (unpaired) electrons. The maximum absolute atomic E-state index is 3.90. The van der Waals surface area contributed by atoms with Crippen molar-refractivity contribution in [2.24, 2.45) is 0 Å². The second-order valence-corrected chi connectivity index (χ2v) is 5.94. The number of hydrogen-bond donors (Lipinski definition) is 0. The molecule has 80 valence electrons. The molecule has 0 aliphatic heterocycles. The van der Waals surface area contributed by atoms with Gasteiger partial charge in [0, 0.05) is 5.33 Å². The number of hydrogen-bond acceptors (Lipinski definition) is 0. The van der Waals surface area contributed by atoms with E-state index in [2.05, 4.69) is 80.4 Å². The van der Waals surface area contributed by atoms with Crippen LogP contribution in [0.3, 0.4) is 0 Å². The highest BCUT2D eigenvalue weighted by molar-refractivity contribution is 9.12. The predicted octanol–water partition coefficient (Wildman–Crippen LogP) is 4.70. The number of alkyl halides is 2. The first-order valence-electron chi connectivity index (χ1n) is 5.21. The van der Waals surface area contributed by atoms with Crippen molar-refractivity contribution in [2.45, 2.75) is 4.32 Å². The third-order valence-electron chi connectivity index (χ3n) is 3.18. The third-order valence-corrected chi connectivity index (χ3v) is 5.91. The predicted molar refractivity (Wildman–Crippen MR) is 75.4 cm³/mol. The van der Waals surface area contributed by atoms with E-state index >= 15 is 0 Å². The summed E-state index contributed by atoms with van der Waals surface area (Å²) in [6.45, 7) is 0. The summed E-state index contributed by atoms with van der Waals surface area (Å²) in [5, 5.41) is 0.883. The lowest BCUT2D eigenvalue weighted by molar-refractivity contribution is 0.914. The first kappa shape index (κ1) is 10.5. The summed E-state index contributed by atoms with van der Waals surface area (Å²) in [5.41, 5.74) is 5.39. The van der Waals surface area contributed by atoms with Crippen LogP contribution in [0.25, 0.3) is 11.1 Å². The third kappa shape index (κ3) is 1.26. The molecule has 0 atom stereocenters. The fraction of sp³-hybridized carbons (Fsp3) is 0.143. The van der Waals surface area contributed by atoms with Crippen LogP contribution >= 0.6 is 31.9 Å². The van der Waals surface area contributed by atoms with Crippen molar-refractivity contribution in [3.05, 3.63) is 59.7 Å². The Kier molecular flexibility index (Phi) is 2.45. The van der Waals surface area contributed by atoms with E-state index in [4.69, 9.17) is 0 Å². The Morgan fingerprint density at radius 2 is 1.25 bits per heavy atom. The average Bonchev–Trinajstić information content (AvgIpc) is 2.62. The van der Waals surface area contributed by atoms with Crippen LogP contribution in [0.5, 0.6) is 0 Å². The highest BCUT2D eigenvalue weighted by Gasteiger charge is 2.39. The van der Waals surface area contributed by atoms with Gasteiger partial charge in [0.25, 0.3) is 0 Å². The molecule has 0 aromatic heterocycles. The topological polar surface area (TPSA) is 0 Å². The van der Waals surface area contributed by atoms with Gasteiger partial charge in [-0.3, -0.25) is 0 Å². The van der Waals surface area contributed by atoms with Crippen molar-refractivity contribution in [2.75, 3.05) is 5.33 Å². The van der Waals surface area contributed by atoms with Crippen molar-refractivity contribution in [3.8, 4) is 11.1 Å². The zero-order chi connectivity index (χ0) is 11.2. The Bertz CT molecular complexity index is 500. The van der Waals surface area contributed by atoms with E-state index in [9.17, 15) is 0 Å². The molecule has 0 amide bonds. The maximum Gasteiger partial charge on any atom is 0.0863 e. The van der Waals surface area contributed by atoms with Crippen molar-refractivity contribution < 1.29 is 0 Å². The van der Waals surface area contributed by atoms with Gasteiger partial charge in [0.1, 0.15) is 0 Å². The van der Waals surface area contributed by atoms with Crippen LogP contribution in [0.1, 0.15) is 11.1 Å². The summed E-state index contributed by atoms with van der Waals surface area (Å²) in [6, 6.07) is 17.2. The van der Waals surface area contributed by atoms with Gasteiger partial charge in [-0.05, 0) is 22.3 Å². The zero-order valence-electron chi connectivity index (χ0n) is 8.58. The van der Waals surface area contributed by atoms with E-state index in [1.165, 1.54) is 22.3 Å². The van der Waals surface area contributed by atoms with Crippen LogP contribution in [0, 0.1) is 0 Å². The average molecular weight is 338 g/mol. The van der Waals surface area contributed by atoms with E-state index < -0.39 is 0 Å². The Morgan fingerprint density at radius 3 is 1.69 bits per heavy atom. The molecular formula is C14H10Br2. The standard InChI is InChI=1S/C14H10Br2/c15-9-14(16)12-7-3-1-5-10(12)11-6-2-4-8-13(11)14/h1-8H,9H2. The number of fused-ring (bicyclic) bond motifs is 3. The molecule has 0 fully saturated rings. The lowest BCUT2D eigenvalue weighted by atomic mass is 9.99. The van der Waals surface area contributed by atoms with Crippen molar-refractivity contribution in [1.29, 1.82) is 0 Å². The normalized spacial score (nSPS) is 15.6. The molecule has 0 bridgehead atoms. The number of rotatable bonds is 1. The van der Waals surface area contributed by atoms with Gasteiger partial charge in [0.2, 0.25) is 0 Å². The van der Waals surface area contributed by atoms with E-state index in [1.807, 2.05) is 0 Å². The molecule has 1 aliphatic carbocycles. The summed E-state index contributed by atoms with van der Waals surface area (Å²) in [6.07, 6.45) is 0. The van der Waals surface area contributed by atoms with Gasteiger partial charge in [0.15, 0.2) is 0 Å². The summed E-state index contributed by atoms with van der Waals surface area (Å²) < 4.78 is -0.0693. The molecule has 2 aromatic rings. The van der Waals surface area contributed by atoms with Gasteiger partial charge in [0.05, 0.1) is 4.32 Å². The second kappa shape index (κ2) is 3.71. The zero-order valence-corrected chi connectivity index (χ0v) is 11.8. The highest BCUT2D eigenvalue weighted by Crippen LogP contribution is 2.53. The highest BCUT2D eigenvalue weighted by atomic mass is 79.9. The minimum atomic E-state index is -0.0693.